The fourth-order valence-corrected chi connectivity index (χ4v) is 3.19. The van der Waals surface area contributed by atoms with Gasteiger partial charge in [0, 0.05) is 20.8 Å². The molecule has 2 rings (SSSR count). The van der Waals surface area contributed by atoms with Crippen LogP contribution in [0.15, 0.2) is 22.7 Å². The Kier molecular flexibility index (Phi) is 4.06. The molecule has 0 radical (unpaired) electrons. The molecule has 0 bridgehead atoms. The van der Waals surface area contributed by atoms with Crippen molar-refractivity contribution in [2.45, 2.75) is 17.6 Å². The summed E-state index contributed by atoms with van der Waals surface area (Å²) in [5, 5.41) is 3.60. The minimum atomic E-state index is -0.0473. The number of nitrogens with one attached hydrogen (secondary N) is 1. The van der Waals surface area contributed by atoms with Crippen molar-refractivity contribution < 1.29 is 4.79 Å². The lowest BCUT2D eigenvalue weighted by Crippen LogP contribution is -2.31. The van der Waals surface area contributed by atoms with Crippen LogP contribution in [0.4, 0.5) is 0 Å². The lowest BCUT2D eigenvalue weighted by Gasteiger charge is -2.13. The van der Waals surface area contributed by atoms with E-state index in [0.29, 0.717) is 10.6 Å². The van der Waals surface area contributed by atoms with Gasteiger partial charge in [-0.25, -0.2) is 0 Å². The molecule has 0 aliphatic heterocycles. The third kappa shape index (κ3) is 3.18. The number of rotatable bonds is 4. The summed E-state index contributed by atoms with van der Waals surface area (Å²) < 4.78 is 1.02. The minimum Gasteiger partial charge on any atom is -0.351 e. The van der Waals surface area contributed by atoms with E-state index >= 15 is 0 Å². The Bertz CT molecular complexity index is 448. The maximum atomic E-state index is 12.0. The Morgan fingerprint density at radius 2 is 2.29 bits per heavy atom. The second kappa shape index (κ2) is 5.21. The second-order valence-corrected chi connectivity index (χ2v) is 6.76. The van der Waals surface area contributed by atoms with E-state index in [2.05, 4.69) is 27.5 Å². The summed E-state index contributed by atoms with van der Waals surface area (Å²) in [5.41, 5.74) is 0.631. The minimum absolute atomic E-state index is 0.0473. The van der Waals surface area contributed by atoms with Gasteiger partial charge in [0.25, 0.3) is 5.91 Å². The maximum absolute atomic E-state index is 12.0. The van der Waals surface area contributed by atoms with Crippen molar-refractivity contribution in [1.82, 2.24) is 5.32 Å². The second-order valence-electron chi connectivity index (χ2n) is 4.19. The third-order valence-electron chi connectivity index (χ3n) is 2.99. The van der Waals surface area contributed by atoms with Crippen LogP contribution >= 0.6 is 39.3 Å². The van der Waals surface area contributed by atoms with E-state index in [1.165, 1.54) is 12.8 Å². The molecule has 1 fully saturated rings. The van der Waals surface area contributed by atoms with Crippen molar-refractivity contribution in [2.24, 2.45) is 0 Å². The summed E-state index contributed by atoms with van der Waals surface area (Å²) in [6.45, 7) is 0.738. The van der Waals surface area contributed by atoms with E-state index in [4.69, 9.17) is 11.6 Å². The van der Waals surface area contributed by atoms with E-state index in [1.54, 1.807) is 18.2 Å². The molecule has 92 valence electrons. The standard InChI is InChI=1S/C12H13BrClNOS/c1-17-12(4-5-12)7-15-11(16)9-3-2-8(14)6-10(9)13/h2-3,6H,4-5,7H2,1H3,(H,15,16). The molecule has 1 amide bonds. The molecule has 0 atom stereocenters. The third-order valence-corrected chi connectivity index (χ3v) is 5.30. The van der Waals surface area contributed by atoms with Crippen molar-refractivity contribution in [3.63, 3.8) is 0 Å². The summed E-state index contributed by atoms with van der Waals surface area (Å²) in [6, 6.07) is 5.20. The van der Waals surface area contributed by atoms with E-state index < -0.39 is 0 Å². The highest BCUT2D eigenvalue weighted by Gasteiger charge is 2.41. The van der Waals surface area contributed by atoms with Crippen molar-refractivity contribution in [3.05, 3.63) is 33.3 Å². The smallest absolute Gasteiger partial charge is 0.252 e. The van der Waals surface area contributed by atoms with Crippen molar-refractivity contribution >= 4 is 45.2 Å². The first-order chi connectivity index (χ1) is 8.06. The van der Waals surface area contributed by atoms with Crippen LogP contribution in [0.2, 0.25) is 5.02 Å². The Hall–Kier alpha value is -0.190. The van der Waals surface area contributed by atoms with Gasteiger partial charge in [0.05, 0.1) is 5.56 Å². The summed E-state index contributed by atoms with van der Waals surface area (Å²) in [5.74, 6) is -0.0473. The molecule has 0 aromatic heterocycles. The van der Waals surface area contributed by atoms with Crippen molar-refractivity contribution in [1.29, 1.82) is 0 Å². The first-order valence-corrected chi connectivity index (χ1v) is 7.74. The van der Waals surface area contributed by atoms with Crippen LogP contribution in [0.3, 0.4) is 0 Å². The van der Waals surface area contributed by atoms with Crippen LogP contribution < -0.4 is 5.32 Å². The Labute approximate surface area is 119 Å². The molecule has 0 saturated heterocycles. The molecule has 1 N–H and O–H groups in total. The SMILES string of the molecule is CSC1(CNC(=O)c2ccc(Cl)cc2Br)CC1. The largest absolute Gasteiger partial charge is 0.351 e. The number of amides is 1. The first kappa shape index (κ1) is 13.2. The highest BCUT2D eigenvalue weighted by Crippen LogP contribution is 2.46. The fraction of sp³-hybridized carbons (Fsp3) is 0.417. The predicted molar refractivity (Wildman–Crippen MR) is 77.0 cm³/mol. The summed E-state index contributed by atoms with van der Waals surface area (Å²) in [7, 11) is 0. The Balaban J connectivity index is 2.00. The van der Waals surface area contributed by atoms with Gasteiger partial charge in [0.15, 0.2) is 0 Å². The number of carbonyl (C=O) groups excluding carboxylic acids is 1. The number of hydrogen-bond donors (Lipinski definition) is 1. The number of carbonyl (C=O) groups is 1. The summed E-state index contributed by atoms with van der Waals surface area (Å²) in [6.07, 6.45) is 4.48. The van der Waals surface area contributed by atoms with Gasteiger partial charge < -0.3 is 5.32 Å². The molecular weight excluding hydrogens is 322 g/mol. The zero-order valence-electron chi connectivity index (χ0n) is 9.43. The van der Waals surface area contributed by atoms with Crippen LogP contribution in [-0.4, -0.2) is 23.5 Å². The lowest BCUT2D eigenvalue weighted by molar-refractivity contribution is 0.0952. The van der Waals surface area contributed by atoms with Gasteiger partial charge in [-0.2, -0.15) is 11.8 Å². The van der Waals surface area contributed by atoms with Crippen LogP contribution in [0.1, 0.15) is 23.2 Å². The van der Waals surface area contributed by atoms with Gasteiger partial charge in [0.2, 0.25) is 0 Å². The maximum Gasteiger partial charge on any atom is 0.252 e. The molecule has 1 aromatic rings. The average Bonchev–Trinajstić information content (AvgIpc) is 3.07. The first-order valence-electron chi connectivity index (χ1n) is 5.35. The molecule has 0 spiro atoms. The van der Waals surface area contributed by atoms with Gasteiger partial charge >= 0.3 is 0 Å². The molecule has 5 heteroatoms. The number of benzene rings is 1. The van der Waals surface area contributed by atoms with Crippen molar-refractivity contribution in [2.75, 3.05) is 12.8 Å². The summed E-state index contributed by atoms with van der Waals surface area (Å²) in [4.78, 5) is 12.0. The lowest BCUT2D eigenvalue weighted by atomic mass is 10.2. The van der Waals surface area contributed by atoms with E-state index in [0.717, 1.165) is 11.0 Å². The van der Waals surface area contributed by atoms with Crippen LogP contribution in [0, 0.1) is 0 Å². The van der Waals surface area contributed by atoms with E-state index in [-0.39, 0.29) is 10.7 Å². The zero-order chi connectivity index (χ0) is 12.5. The van der Waals surface area contributed by atoms with Crippen LogP contribution in [0.25, 0.3) is 0 Å². The number of halogens is 2. The fourth-order valence-electron chi connectivity index (χ4n) is 1.60. The highest BCUT2D eigenvalue weighted by atomic mass is 79.9. The predicted octanol–water partition coefficient (Wildman–Crippen LogP) is 3.73. The molecule has 1 aliphatic carbocycles. The monoisotopic (exact) mass is 333 g/mol. The average molecular weight is 335 g/mol. The van der Waals surface area contributed by atoms with Gasteiger partial charge in [0.1, 0.15) is 0 Å². The summed E-state index contributed by atoms with van der Waals surface area (Å²) >= 11 is 11.0. The van der Waals surface area contributed by atoms with Gasteiger partial charge in [-0.15, -0.1) is 0 Å². The normalized spacial score (nSPS) is 16.6. The molecule has 2 nitrogen and oxygen atoms in total. The number of thioether (sulfide) groups is 1. The van der Waals surface area contributed by atoms with E-state index in [1.807, 2.05) is 11.8 Å². The Morgan fingerprint density at radius 1 is 1.59 bits per heavy atom. The van der Waals surface area contributed by atoms with Crippen LogP contribution in [0.5, 0.6) is 0 Å². The molecule has 1 aliphatic rings. The molecular formula is C12H13BrClNOS. The van der Waals surface area contributed by atoms with E-state index in [9.17, 15) is 4.79 Å². The molecule has 17 heavy (non-hydrogen) atoms. The van der Waals surface area contributed by atoms with Gasteiger partial charge in [-0.05, 0) is 53.2 Å². The number of hydrogen-bond acceptors (Lipinski definition) is 2. The molecule has 1 saturated carbocycles. The molecule has 1 aromatic carbocycles. The molecule has 0 unspecified atom stereocenters. The van der Waals surface area contributed by atoms with Crippen LogP contribution in [-0.2, 0) is 0 Å². The highest BCUT2D eigenvalue weighted by molar-refractivity contribution is 9.10. The van der Waals surface area contributed by atoms with Gasteiger partial charge in [-0.1, -0.05) is 11.6 Å². The topological polar surface area (TPSA) is 29.1 Å². The van der Waals surface area contributed by atoms with Gasteiger partial charge in [-0.3, -0.25) is 4.79 Å². The molecule has 0 heterocycles. The zero-order valence-corrected chi connectivity index (χ0v) is 12.6. The Morgan fingerprint density at radius 3 is 2.82 bits per heavy atom. The van der Waals surface area contributed by atoms with Crippen molar-refractivity contribution in [3.8, 4) is 0 Å². The quantitative estimate of drug-likeness (QED) is 0.909.